The zero-order chi connectivity index (χ0) is 12.3. The number of nitrogens with one attached hydrogen (secondary N) is 2. The van der Waals surface area contributed by atoms with Crippen LogP contribution in [0.3, 0.4) is 0 Å². The Morgan fingerprint density at radius 3 is 2.76 bits per heavy atom. The van der Waals surface area contributed by atoms with Crippen LogP contribution in [0.5, 0.6) is 0 Å². The average Bonchev–Trinajstić information content (AvgIpc) is 2.33. The highest BCUT2D eigenvalue weighted by atomic mass is 16.1. The predicted octanol–water partition coefficient (Wildman–Crippen LogP) is -0.0146. The van der Waals surface area contributed by atoms with Gasteiger partial charge in [0, 0.05) is 19.6 Å². The van der Waals surface area contributed by atoms with Crippen LogP contribution in [-0.4, -0.2) is 35.7 Å². The van der Waals surface area contributed by atoms with Crippen molar-refractivity contribution in [2.24, 2.45) is 11.7 Å². The van der Waals surface area contributed by atoms with E-state index in [1.807, 2.05) is 0 Å². The SMILES string of the molecule is CNC(=O)c1ccc(NCC2CC(N)C2)nn1. The van der Waals surface area contributed by atoms with Gasteiger partial charge in [0.05, 0.1) is 0 Å². The van der Waals surface area contributed by atoms with Gasteiger partial charge in [-0.2, -0.15) is 0 Å². The summed E-state index contributed by atoms with van der Waals surface area (Å²) in [6.07, 6.45) is 2.13. The lowest BCUT2D eigenvalue weighted by atomic mass is 9.81. The summed E-state index contributed by atoms with van der Waals surface area (Å²) in [6.45, 7) is 0.863. The third kappa shape index (κ3) is 2.91. The first-order valence-electron chi connectivity index (χ1n) is 5.74. The van der Waals surface area contributed by atoms with E-state index in [-0.39, 0.29) is 5.91 Å². The quantitative estimate of drug-likeness (QED) is 0.682. The molecule has 2 rings (SSSR count). The third-order valence-electron chi connectivity index (χ3n) is 2.97. The first kappa shape index (κ1) is 11.8. The van der Waals surface area contributed by atoms with Crippen LogP contribution >= 0.6 is 0 Å². The molecular weight excluding hydrogens is 218 g/mol. The number of carbonyl (C=O) groups is 1. The van der Waals surface area contributed by atoms with Gasteiger partial charge in [-0.05, 0) is 30.9 Å². The van der Waals surface area contributed by atoms with Crippen molar-refractivity contribution in [3.05, 3.63) is 17.8 Å². The topological polar surface area (TPSA) is 92.9 Å². The number of hydrogen-bond acceptors (Lipinski definition) is 5. The molecule has 92 valence electrons. The Morgan fingerprint density at radius 1 is 1.47 bits per heavy atom. The fourth-order valence-electron chi connectivity index (χ4n) is 1.88. The molecule has 4 N–H and O–H groups in total. The minimum atomic E-state index is -0.228. The summed E-state index contributed by atoms with van der Waals surface area (Å²) in [5.41, 5.74) is 6.03. The molecule has 1 fully saturated rings. The Bertz CT molecular complexity index is 385. The number of rotatable bonds is 4. The second-order valence-corrected chi connectivity index (χ2v) is 4.36. The molecule has 1 saturated carbocycles. The molecule has 0 aliphatic heterocycles. The van der Waals surface area contributed by atoms with Gasteiger partial charge in [0.25, 0.3) is 5.91 Å². The van der Waals surface area contributed by atoms with Gasteiger partial charge >= 0.3 is 0 Å². The molecule has 0 atom stereocenters. The molecule has 0 bridgehead atoms. The van der Waals surface area contributed by atoms with Crippen LogP contribution in [0.4, 0.5) is 5.82 Å². The Morgan fingerprint density at radius 2 is 2.24 bits per heavy atom. The van der Waals surface area contributed by atoms with Crippen molar-refractivity contribution in [2.45, 2.75) is 18.9 Å². The summed E-state index contributed by atoms with van der Waals surface area (Å²) in [5, 5.41) is 13.5. The molecule has 6 heteroatoms. The van der Waals surface area contributed by atoms with E-state index < -0.39 is 0 Å². The normalized spacial score (nSPS) is 22.7. The zero-order valence-electron chi connectivity index (χ0n) is 9.81. The summed E-state index contributed by atoms with van der Waals surface area (Å²) >= 11 is 0. The fourth-order valence-corrected chi connectivity index (χ4v) is 1.88. The van der Waals surface area contributed by atoms with E-state index in [1.54, 1.807) is 19.2 Å². The van der Waals surface area contributed by atoms with Gasteiger partial charge in [0.2, 0.25) is 0 Å². The van der Waals surface area contributed by atoms with Crippen LogP contribution in [-0.2, 0) is 0 Å². The number of aromatic nitrogens is 2. The Hall–Kier alpha value is -1.69. The molecule has 0 aromatic carbocycles. The summed E-state index contributed by atoms with van der Waals surface area (Å²) in [6, 6.07) is 3.78. The largest absolute Gasteiger partial charge is 0.368 e. The molecule has 1 aromatic rings. The van der Waals surface area contributed by atoms with Crippen LogP contribution < -0.4 is 16.4 Å². The van der Waals surface area contributed by atoms with E-state index in [0.29, 0.717) is 23.5 Å². The molecule has 0 spiro atoms. The molecule has 1 amide bonds. The van der Waals surface area contributed by atoms with Gasteiger partial charge in [0.1, 0.15) is 5.82 Å². The average molecular weight is 235 g/mol. The van der Waals surface area contributed by atoms with Crippen molar-refractivity contribution in [1.29, 1.82) is 0 Å². The Balaban J connectivity index is 1.83. The van der Waals surface area contributed by atoms with Crippen molar-refractivity contribution in [3.63, 3.8) is 0 Å². The monoisotopic (exact) mass is 235 g/mol. The second kappa shape index (κ2) is 5.09. The first-order chi connectivity index (χ1) is 8.19. The standard InChI is InChI=1S/C11H17N5O/c1-13-11(17)9-2-3-10(16-15-9)14-6-7-4-8(12)5-7/h2-3,7-8H,4-6,12H2,1H3,(H,13,17)(H,14,16). The number of carbonyl (C=O) groups excluding carboxylic acids is 1. The number of hydrogen-bond donors (Lipinski definition) is 3. The van der Waals surface area contributed by atoms with Crippen LogP contribution in [0.2, 0.25) is 0 Å². The van der Waals surface area contributed by atoms with Crippen molar-refractivity contribution in [3.8, 4) is 0 Å². The molecule has 0 saturated heterocycles. The van der Waals surface area contributed by atoms with Gasteiger partial charge in [0.15, 0.2) is 5.69 Å². The Kier molecular flexibility index (Phi) is 3.53. The molecule has 1 aliphatic carbocycles. The molecule has 1 heterocycles. The van der Waals surface area contributed by atoms with E-state index in [2.05, 4.69) is 20.8 Å². The van der Waals surface area contributed by atoms with Crippen molar-refractivity contribution < 1.29 is 4.79 Å². The number of anilines is 1. The lowest BCUT2D eigenvalue weighted by Gasteiger charge is -2.32. The van der Waals surface area contributed by atoms with E-state index in [1.165, 1.54) is 0 Å². The van der Waals surface area contributed by atoms with E-state index in [4.69, 9.17) is 5.73 Å². The number of amides is 1. The lowest BCUT2D eigenvalue weighted by Crippen LogP contribution is -2.39. The number of nitrogens with two attached hydrogens (primary N) is 1. The van der Waals surface area contributed by atoms with Crippen LogP contribution in [0.1, 0.15) is 23.3 Å². The summed E-state index contributed by atoms with van der Waals surface area (Å²) in [4.78, 5) is 11.2. The molecule has 0 radical (unpaired) electrons. The highest BCUT2D eigenvalue weighted by Crippen LogP contribution is 2.25. The van der Waals surface area contributed by atoms with Gasteiger partial charge < -0.3 is 16.4 Å². The second-order valence-electron chi connectivity index (χ2n) is 4.36. The molecule has 1 aromatic heterocycles. The highest BCUT2D eigenvalue weighted by molar-refractivity contribution is 5.91. The molecule has 1 aliphatic rings. The minimum Gasteiger partial charge on any atom is -0.368 e. The molecule has 6 nitrogen and oxygen atoms in total. The lowest BCUT2D eigenvalue weighted by molar-refractivity contribution is 0.0957. The van der Waals surface area contributed by atoms with Gasteiger partial charge in [-0.3, -0.25) is 4.79 Å². The maximum absolute atomic E-state index is 11.2. The highest BCUT2D eigenvalue weighted by Gasteiger charge is 2.25. The zero-order valence-corrected chi connectivity index (χ0v) is 9.81. The maximum atomic E-state index is 11.2. The van der Waals surface area contributed by atoms with Crippen LogP contribution in [0.15, 0.2) is 12.1 Å². The smallest absolute Gasteiger partial charge is 0.271 e. The van der Waals surface area contributed by atoms with Crippen LogP contribution in [0, 0.1) is 5.92 Å². The fraction of sp³-hybridized carbons (Fsp3) is 0.545. The van der Waals surface area contributed by atoms with Crippen LogP contribution in [0.25, 0.3) is 0 Å². The summed E-state index contributed by atoms with van der Waals surface area (Å²) < 4.78 is 0. The first-order valence-corrected chi connectivity index (χ1v) is 5.74. The minimum absolute atomic E-state index is 0.228. The van der Waals surface area contributed by atoms with E-state index in [9.17, 15) is 4.79 Å². The van der Waals surface area contributed by atoms with Crippen molar-refractivity contribution in [1.82, 2.24) is 15.5 Å². The molecule has 0 unspecified atom stereocenters. The van der Waals surface area contributed by atoms with E-state index in [0.717, 1.165) is 19.4 Å². The van der Waals surface area contributed by atoms with Crippen molar-refractivity contribution >= 4 is 11.7 Å². The van der Waals surface area contributed by atoms with Gasteiger partial charge in [-0.15, -0.1) is 10.2 Å². The predicted molar refractivity (Wildman–Crippen MR) is 64.6 cm³/mol. The molecule has 17 heavy (non-hydrogen) atoms. The number of nitrogens with zero attached hydrogens (tertiary/aromatic N) is 2. The molecular formula is C11H17N5O. The van der Waals surface area contributed by atoms with Gasteiger partial charge in [-0.1, -0.05) is 0 Å². The van der Waals surface area contributed by atoms with Gasteiger partial charge in [-0.25, -0.2) is 0 Å². The van der Waals surface area contributed by atoms with Crippen molar-refractivity contribution in [2.75, 3.05) is 18.9 Å². The third-order valence-corrected chi connectivity index (χ3v) is 2.97. The Labute approximate surface area is 100.0 Å². The summed E-state index contributed by atoms with van der Waals surface area (Å²) in [7, 11) is 1.57. The summed E-state index contributed by atoms with van der Waals surface area (Å²) in [5.74, 6) is 1.09. The maximum Gasteiger partial charge on any atom is 0.271 e. The van der Waals surface area contributed by atoms with E-state index >= 15 is 0 Å².